The van der Waals surface area contributed by atoms with Crippen LogP contribution in [0, 0.1) is 17.6 Å². The number of nitrogens with one attached hydrogen (secondary N) is 1. The summed E-state index contributed by atoms with van der Waals surface area (Å²) in [5.41, 5.74) is 0.489. The lowest BCUT2D eigenvalue weighted by Gasteiger charge is -2.21. The Balaban J connectivity index is 2.07. The van der Waals surface area contributed by atoms with E-state index in [1.54, 1.807) is 11.3 Å². The third kappa shape index (κ3) is 3.61. The summed E-state index contributed by atoms with van der Waals surface area (Å²) in [5, 5.41) is 5.38. The second-order valence-electron chi connectivity index (χ2n) is 4.85. The Labute approximate surface area is 116 Å². The minimum atomic E-state index is -0.542. The molecular weight excluding hydrogens is 264 g/mol. The average Bonchev–Trinajstić information content (AvgIpc) is 2.85. The molecule has 1 nitrogen and oxygen atoms in total. The third-order valence-electron chi connectivity index (χ3n) is 3.04. The van der Waals surface area contributed by atoms with Gasteiger partial charge in [0.05, 0.1) is 0 Å². The minimum absolute atomic E-state index is 0.185. The van der Waals surface area contributed by atoms with E-state index in [1.165, 1.54) is 17.0 Å². The maximum absolute atomic E-state index is 13.6. The van der Waals surface area contributed by atoms with Gasteiger partial charge in [0.2, 0.25) is 0 Å². The molecule has 19 heavy (non-hydrogen) atoms. The van der Waals surface area contributed by atoms with Crippen molar-refractivity contribution in [1.29, 1.82) is 0 Å². The summed E-state index contributed by atoms with van der Waals surface area (Å²) in [6, 6.07) is 7.97. The Morgan fingerprint density at radius 3 is 2.58 bits per heavy atom. The number of halogens is 2. The van der Waals surface area contributed by atoms with Crippen molar-refractivity contribution >= 4 is 11.3 Å². The molecule has 0 fully saturated rings. The smallest absolute Gasteiger partial charge is 0.130 e. The second kappa shape index (κ2) is 6.26. The van der Waals surface area contributed by atoms with Crippen LogP contribution >= 0.6 is 11.3 Å². The Hall–Kier alpha value is -1.26. The van der Waals surface area contributed by atoms with E-state index in [9.17, 15) is 8.78 Å². The molecule has 0 bridgehead atoms. The molecule has 2 rings (SSSR count). The number of thiophene rings is 1. The molecule has 0 spiro atoms. The Bertz CT molecular complexity index is 523. The van der Waals surface area contributed by atoms with E-state index in [2.05, 4.69) is 25.2 Å². The molecule has 1 atom stereocenters. The van der Waals surface area contributed by atoms with Crippen molar-refractivity contribution in [3.8, 4) is 0 Å². The molecule has 0 saturated heterocycles. The average molecular weight is 281 g/mol. The van der Waals surface area contributed by atoms with Crippen molar-refractivity contribution in [2.45, 2.75) is 26.4 Å². The first kappa shape index (κ1) is 14.2. The third-order valence-corrected chi connectivity index (χ3v) is 4.00. The Kier molecular flexibility index (Phi) is 4.66. The molecule has 1 aromatic carbocycles. The summed E-state index contributed by atoms with van der Waals surface area (Å²) in [6.07, 6.45) is 0. The van der Waals surface area contributed by atoms with Gasteiger partial charge in [0.25, 0.3) is 0 Å². The van der Waals surface area contributed by atoms with Crippen molar-refractivity contribution < 1.29 is 8.78 Å². The molecule has 0 aliphatic heterocycles. The van der Waals surface area contributed by atoms with Gasteiger partial charge in [0.15, 0.2) is 0 Å². The van der Waals surface area contributed by atoms with E-state index in [1.807, 2.05) is 11.4 Å². The monoisotopic (exact) mass is 281 g/mol. The molecule has 102 valence electrons. The van der Waals surface area contributed by atoms with Gasteiger partial charge in [0, 0.05) is 29.1 Å². The van der Waals surface area contributed by atoms with Crippen LogP contribution in [0.3, 0.4) is 0 Å². The van der Waals surface area contributed by atoms with Gasteiger partial charge in [-0.25, -0.2) is 8.78 Å². The highest BCUT2D eigenvalue weighted by Gasteiger charge is 2.16. The summed E-state index contributed by atoms with van der Waals surface area (Å²) >= 11 is 1.68. The predicted molar refractivity (Wildman–Crippen MR) is 75.1 cm³/mol. The SMILES string of the molecule is CC(C)C(NCc1ccc(F)cc1F)c1cccs1. The van der Waals surface area contributed by atoms with Crippen LogP contribution in [0.5, 0.6) is 0 Å². The van der Waals surface area contributed by atoms with Gasteiger partial charge in [-0.2, -0.15) is 0 Å². The number of benzene rings is 1. The highest BCUT2D eigenvalue weighted by atomic mass is 32.1. The van der Waals surface area contributed by atoms with Crippen LogP contribution in [0.4, 0.5) is 8.78 Å². The van der Waals surface area contributed by atoms with E-state index >= 15 is 0 Å². The first-order valence-electron chi connectivity index (χ1n) is 6.28. The zero-order valence-corrected chi connectivity index (χ0v) is 11.8. The lowest BCUT2D eigenvalue weighted by atomic mass is 10.0. The summed E-state index contributed by atoms with van der Waals surface area (Å²) < 4.78 is 26.4. The first-order valence-corrected chi connectivity index (χ1v) is 7.16. The van der Waals surface area contributed by atoms with Crippen LogP contribution in [0.25, 0.3) is 0 Å². The standard InChI is InChI=1S/C15H17F2NS/c1-10(2)15(14-4-3-7-19-14)18-9-11-5-6-12(16)8-13(11)17/h3-8,10,15,18H,9H2,1-2H3. The normalized spacial score (nSPS) is 12.9. The van der Waals surface area contributed by atoms with Crippen molar-refractivity contribution in [2.75, 3.05) is 0 Å². The van der Waals surface area contributed by atoms with Crippen molar-refractivity contribution in [3.05, 3.63) is 57.8 Å². The quantitative estimate of drug-likeness (QED) is 0.850. The van der Waals surface area contributed by atoms with Crippen LogP contribution < -0.4 is 5.32 Å². The highest BCUT2D eigenvalue weighted by Crippen LogP contribution is 2.26. The van der Waals surface area contributed by atoms with Gasteiger partial charge in [-0.05, 0) is 23.4 Å². The fourth-order valence-electron chi connectivity index (χ4n) is 2.02. The molecule has 2 aromatic rings. The van der Waals surface area contributed by atoms with Gasteiger partial charge < -0.3 is 5.32 Å². The maximum Gasteiger partial charge on any atom is 0.130 e. The van der Waals surface area contributed by atoms with E-state index in [4.69, 9.17) is 0 Å². The number of hydrogen-bond donors (Lipinski definition) is 1. The summed E-state index contributed by atoms with van der Waals surface area (Å²) in [5.74, 6) is -0.636. The van der Waals surface area contributed by atoms with E-state index in [0.717, 1.165) is 6.07 Å². The van der Waals surface area contributed by atoms with Crippen molar-refractivity contribution in [2.24, 2.45) is 5.92 Å². The zero-order chi connectivity index (χ0) is 13.8. The van der Waals surface area contributed by atoms with Gasteiger partial charge in [0.1, 0.15) is 11.6 Å². The minimum Gasteiger partial charge on any atom is -0.305 e. The molecule has 1 aromatic heterocycles. The summed E-state index contributed by atoms with van der Waals surface area (Å²) in [7, 11) is 0. The summed E-state index contributed by atoms with van der Waals surface area (Å²) in [6.45, 7) is 4.64. The van der Waals surface area contributed by atoms with Crippen molar-refractivity contribution in [1.82, 2.24) is 5.32 Å². The Morgan fingerprint density at radius 2 is 2.00 bits per heavy atom. The van der Waals surface area contributed by atoms with Crippen molar-refractivity contribution in [3.63, 3.8) is 0 Å². The largest absolute Gasteiger partial charge is 0.305 e. The molecule has 1 heterocycles. The van der Waals surface area contributed by atoms with E-state index in [-0.39, 0.29) is 6.04 Å². The molecule has 0 amide bonds. The van der Waals surface area contributed by atoms with Gasteiger partial charge in [-0.1, -0.05) is 26.0 Å². The molecular formula is C15H17F2NS. The van der Waals surface area contributed by atoms with Gasteiger partial charge in [-0.3, -0.25) is 0 Å². The molecule has 4 heteroatoms. The summed E-state index contributed by atoms with van der Waals surface area (Å²) in [4.78, 5) is 1.23. The zero-order valence-electron chi connectivity index (χ0n) is 11.0. The van der Waals surface area contributed by atoms with Crippen LogP contribution in [0.15, 0.2) is 35.7 Å². The lowest BCUT2D eigenvalue weighted by Crippen LogP contribution is -2.25. The van der Waals surface area contributed by atoms with Crippen LogP contribution in [0.1, 0.15) is 30.3 Å². The van der Waals surface area contributed by atoms with Gasteiger partial charge >= 0.3 is 0 Å². The van der Waals surface area contributed by atoms with Gasteiger partial charge in [-0.15, -0.1) is 11.3 Å². The molecule has 1 unspecified atom stereocenters. The molecule has 1 N–H and O–H groups in total. The molecule has 0 saturated carbocycles. The molecule has 0 aliphatic carbocycles. The highest BCUT2D eigenvalue weighted by molar-refractivity contribution is 7.10. The fraction of sp³-hybridized carbons (Fsp3) is 0.333. The fourth-order valence-corrected chi connectivity index (χ4v) is 2.99. The topological polar surface area (TPSA) is 12.0 Å². The molecule has 0 radical (unpaired) electrons. The number of hydrogen-bond acceptors (Lipinski definition) is 2. The maximum atomic E-state index is 13.6. The van der Waals surface area contributed by atoms with Crippen LogP contribution in [-0.4, -0.2) is 0 Å². The van der Waals surface area contributed by atoms with E-state index < -0.39 is 11.6 Å². The van der Waals surface area contributed by atoms with Crippen LogP contribution in [0.2, 0.25) is 0 Å². The Morgan fingerprint density at radius 1 is 1.21 bits per heavy atom. The van der Waals surface area contributed by atoms with E-state index in [0.29, 0.717) is 18.0 Å². The first-order chi connectivity index (χ1) is 9.08. The van der Waals surface area contributed by atoms with Crippen LogP contribution in [-0.2, 0) is 6.54 Å². The lowest BCUT2D eigenvalue weighted by molar-refractivity contribution is 0.411. The predicted octanol–water partition coefficient (Wildman–Crippen LogP) is 4.51. The number of rotatable bonds is 5. The second-order valence-corrected chi connectivity index (χ2v) is 5.83. The molecule has 0 aliphatic rings.